The van der Waals surface area contributed by atoms with Crippen LogP contribution in [0.15, 0.2) is 42.5 Å². The van der Waals surface area contributed by atoms with Crippen molar-refractivity contribution in [3.8, 4) is 11.3 Å². The molecule has 0 unspecified atom stereocenters. The summed E-state index contributed by atoms with van der Waals surface area (Å²) in [7, 11) is 0. The second-order valence-electron chi connectivity index (χ2n) is 8.59. The van der Waals surface area contributed by atoms with Crippen LogP contribution in [0.5, 0.6) is 0 Å². The summed E-state index contributed by atoms with van der Waals surface area (Å²) in [5, 5.41) is 1.30. The van der Waals surface area contributed by atoms with Crippen molar-refractivity contribution in [2.45, 2.75) is 54.4 Å². The zero-order valence-corrected chi connectivity index (χ0v) is 17.1. The van der Waals surface area contributed by atoms with Gasteiger partial charge in [0, 0.05) is 10.9 Å². The monoisotopic (exact) mass is 345 g/mol. The Morgan fingerprint density at radius 2 is 1.42 bits per heavy atom. The van der Waals surface area contributed by atoms with Gasteiger partial charge < -0.3 is 0 Å². The van der Waals surface area contributed by atoms with Crippen molar-refractivity contribution in [1.29, 1.82) is 0 Å². The maximum absolute atomic E-state index is 5.06. The quantitative estimate of drug-likeness (QED) is 0.489. The van der Waals surface area contributed by atoms with Crippen molar-refractivity contribution in [2.75, 3.05) is 0 Å². The highest BCUT2D eigenvalue weighted by Crippen LogP contribution is 2.28. The predicted octanol–water partition coefficient (Wildman–Crippen LogP) is 6.92. The summed E-state index contributed by atoms with van der Waals surface area (Å²) >= 11 is 0. The van der Waals surface area contributed by atoms with E-state index >= 15 is 0 Å². The Morgan fingerprint density at radius 3 is 2.04 bits per heavy atom. The fourth-order valence-corrected chi connectivity index (χ4v) is 3.86. The first-order valence-corrected chi connectivity index (χ1v) is 9.83. The first kappa shape index (κ1) is 18.6. The van der Waals surface area contributed by atoms with Gasteiger partial charge in [0.1, 0.15) is 0 Å². The molecule has 1 nitrogen and oxygen atoms in total. The lowest BCUT2D eigenvalue weighted by Gasteiger charge is -2.14. The van der Waals surface area contributed by atoms with Crippen molar-refractivity contribution in [2.24, 2.45) is 11.8 Å². The number of pyridine rings is 1. The van der Waals surface area contributed by atoms with Gasteiger partial charge in [0.05, 0.1) is 11.2 Å². The minimum absolute atomic E-state index is 0.645. The van der Waals surface area contributed by atoms with E-state index in [1.165, 1.54) is 33.2 Å². The molecule has 0 N–H and O–H groups in total. The zero-order valence-electron chi connectivity index (χ0n) is 17.1. The van der Waals surface area contributed by atoms with Gasteiger partial charge in [0.25, 0.3) is 0 Å². The number of fused-ring (bicyclic) bond motifs is 1. The molecule has 0 aliphatic rings. The summed E-state index contributed by atoms with van der Waals surface area (Å²) in [5.74, 6) is 1.30. The highest BCUT2D eigenvalue weighted by atomic mass is 14.7. The summed E-state index contributed by atoms with van der Waals surface area (Å²) in [6, 6.07) is 15.8. The molecule has 26 heavy (non-hydrogen) atoms. The molecule has 0 atom stereocenters. The maximum atomic E-state index is 5.06. The molecule has 0 aliphatic heterocycles. The number of aryl methyl sites for hydroxylation is 2. The maximum Gasteiger partial charge on any atom is 0.0715 e. The van der Waals surface area contributed by atoms with Crippen LogP contribution in [-0.2, 0) is 12.8 Å². The largest absolute Gasteiger partial charge is 0.248 e. The first-order chi connectivity index (χ1) is 12.3. The first-order valence-electron chi connectivity index (χ1n) is 9.83. The molecule has 0 fully saturated rings. The van der Waals surface area contributed by atoms with Gasteiger partial charge in [0.2, 0.25) is 0 Å². The lowest BCUT2D eigenvalue weighted by atomic mass is 9.93. The van der Waals surface area contributed by atoms with E-state index < -0.39 is 0 Å². The second-order valence-corrected chi connectivity index (χ2v) is 8.59. The van der Waals surface area contributed by atoms with Crippen molar-refractivity contribution in [1.82, 2.24) is 4.98 Å². The Kier molecular flexibility index (Phi) is 5.46. The van der Waals surface area contributed by atoms with Crippen LogP contribution in [0.4, 0.5) is 0 Å². The summed E-state index contributed by atoms with van der Waals surface area (Å²) in [6.07, 6.45) is 2.21. The van der Waals surface area contributed by atoms with Gasteiger partial charge in [-0.3, -0.25) is 0 Å². The average Bonchev–Trinajstić information content (AvgIpc) is 2.52. The number of hydrogen-bond acceptors (Lipinski definition) is 1. The molecule has 1 heteroatoms. The predicted molar refractivity (Wildman–Crippen MR) is 114 cm³/mol. The van der Waals surface area contributed by atoms with E-state index in [-0.39, 0.29) is 0 Å². The third-order valence-electron chi connectivity index (χ3n) is 4.74. The van der Waals surface area contributed by atoms with Crippen molar-refractivity contribution in [3.63, 3.8) is 0 Å². The molecule has 3 rings (SSSR count). The molecule has 3 aromatic rings. The molecular weight excluding hydrogens is 314 g/mol. The second kappa shape index (κ2) is 7.61. The van der Waals surface area contributed by atoms with E-state index in [2.05, 4.69) is 84.0 Å². The molecule has 2 aromatic carbocycles. The van der Waals surface area contributed by atoms with Gasteiger partial charge >= 0.3 is 0 Å². The van der Waals surface area contributed by atoms with Crippen LogP contribution in [0.1, 0.15) is 49.9 Å². The van der Waals surface area contributed by atoms with Crippen LogP contribution in [0.25, 0.3) is 22.2 Å². The SMILES string of the molecule is Cc1cc(C)cc(-c2ccc3c(CC(C)C)cc(CC(C)C)cc3n2)c1. The molecule has 1 aromatic heterocycles. The minimum Gasteiger partial charge on any atom is -0.248 e. The van der Waals surface area contributed by atoms with Gasteiger partial charge in [-0.15, -0.1) is 0 Å². The molecule has 136 valence electrons. The van der Waals surface area contributed by atoms with E-state index in [1.807, 2.05) is 0 Å². The summed E-state index contributed by atoms with van der Waals surface area (Å²) in [6.45, 7) is 13.5. The number of benzene rings is 2. The summed E-state index contributed by atoms with van der Waals surface area (Å²) < 4.78 is 0. The van der Waals surface area contributed by atoms with Crippen LogP contribution in [0.3, 0.4) is 0 Å². The average molecular weight is 346 g/mol. The molecule has 0 amide bonds. The Hall–Kier alpha value is -2.15. The van der Waals surface area contributed by atoms with E-state index in [4.69, 9.17) is 4.98 Å². The van der Waals surface area contributed by atoms with E-state index in [9.17, 15) is 0 Å². The van der Waals surface area contributed by atoms with Crippen LogP contribution in [0.2, 0.25) is 0 Å². The number of aromatic nitrogens is 1. The van der Waals surface area contributed by atoms with Crippen LogP contribution in [-0.4, -0.2) is 4.98 Å². The van der Waals surface area contributed by atoms with E-state index in [0.29, 0.717) is 11.8 Å². The van der Waals surface area contributed by atoms with Gasteiger partial charge in [-0.2, -0.15) is 0 Å². The van der Waals surface area contributed by atoms with Crippen molar-refractivity contribution in [3.05, 3.63) is 64.7 Å². The molecule has 0 spiro atoms. The topological polar surface area (TPSA) is 12.9 Å². The standard InChI is InChI=1S/C25H31N/c1-16(2)9-20-14-21(10-17(3)4)23-7-8-24(26-25(23)15-20)22-12-18(5)11-19(6)13-22/h7-8,11-17H,9-10H2,1-6H3. The molecular formula is C25H31N. The lowest BCUT2D eigenvalue weighted by molar-refractivity contribution is 0.638. The fourth-order valence-electron chi connectivity index (χ4n) is 3.86. The van der Waals surface area contributed by atoms with Gasteiger partial charge in [0.15, 0.2) is 0 Å². The molecule has 0 bridgehead atoms. The molecule has 0 saturated carbocycles. The van der Waals surface area contributed by atoms with Crippen molar-refractivity contribution >= 4 is 10.9 Å². The van der Waals surface area contributed by atoms with Crippen LogP contribution < -0.4 is 0 Å². The normalized spacial score (nSPS) is 11.7. The third kappa shape index (κ3) is 4.33. The van der Waals surface area contributed by atoms with Gasteiger partial charge in [-0.05, 0) is 73.9 Å². The molecule has 1 heterocycles. The highest BCUT2D eigenvalue weighted by molar-refractivity contribution is 5.85. The van der Waals surface area contributed by atoms with E-state index in [1.54, 1.807) is 0 Å². The van der Waals surface area contributed by atoms with Crippen LogP contribution in [0, 0.1) is 25.7 Å². The number of nitrogens with zero attached hydrogens (tertiary/aromatic N) is 1. The smallest absolute Gasteiger partial charge is 0.0715 e. The summed E-state index contributed by atoms with van der Waals surface area (Å²) in [5.41, 5.74) is 8.84. The number of rotatable bonds is 5. The van der Waals surface area contributed by atoms with Gasteiger partial charge in [-0.25, -0.2) is 4.98 Å². The third-order valence-corrected chi connectivity index (χ3v) is 4.74. The Bertz CT molecular complexity index is 899. The molecule has 0 aliphatic carbocycles. The Balaban J connectivity index is 2.14. The van der Waals surface area contributed by atoms with Crippen molar-refractivity contribution < 1.29 is 0 Å². The number of hydrogen-bond donors (Lipinski definition) is 0. The minimum atomic E-state index is 0.645. The lowest BCUT2D eigenvalue weighted by Crippen LogP contribution is -2.01. The van der Waals surface area contributed by atoms with Crippen LogP contribution >= 0.6 is 0 Å². The Labute approximate surface area is 158 Å². The summed E-state index contributed by atoms with van der Waals surface area (Å²) in [4.78, 5) is 5.06. The van der Waals surface area contributed by atoms with E-state index in [0.717, 1.165) is 24.1 Å². The fraction of sp³-hybridized carbons (Fsp3) is 0.400. The zero-order chi connectivity index (χ0) is 18.8. The Morgan fingerprint density at radius 1 is 0.769 bits per heavy atom. The highest BCUT2D eigenvalue weighted by Gasteiger charge is 2.10. The molecule has 0 radical (unpaired) electrons. The van der Waals surface area contributed by atoms with Gasteiger partial charge in [-0.1, -0.05) is 57.0 Å². The molecule has 0 saturated heterocycles.